The summed E-state index contributed by atoms with van der Waals surface area (Å²) in [5.74, 6) is 0.873. The first-order valence-corrected chi connectivity index (χ1v) is 10.7. The number of nitrogens with zero attached hydrogens (tertiary/aromatic N) is 3. The molecule has 152 valence electrons. The first-order chi connectivity index (χ1) is 14.1. The Labute approximate surface area is 174 Å². The van der Waals surface area contributed by atoms with Crippen LogP contribution in [0.25, 0.3) is 10.1 Å². The molecule has 7 heteroatoms. The van der Waals surface area contributed by atoms with Crippen molar-refractivity contribution in [3.8, 4) is 5.75 Å². The summed E-state index contributed by atoms with van der Waals surface area (Å²) in [5, 5.41) is 0.688. The number of hydrogen-bond donors (Lipinski definition) is 0. The van der Waals surface area contributed by atoms with Gasteiger partial charge in [-0.05, 0) is 42.8 Å². The Morgan fingerprint density at radius 3 is 2.38 bits per heavy atom. The smallest absolute Gasteiger partial charge is 0.269 e. The minimum atomic E-state index is -0.438. The average Bonchev–Trinajstić information content (AvgIpc) is 3.11. The van der Waals surface area contributed by atoms with Gasteiger partial charge in [0.05, 0.1) is 17.2 Å². The molecule has 29 heavy (non-hydrogen) atoms. The molecule has 4 rings (SSSR count). The van der Waals surface area contributed by atoms with Gasteiger partial charge in [0, 0.05) is 31.9 Å². The molecule has 1 aliphatic rings. The number of fused-ring (bicyclic) bond motifs is 1. The lowest BCUT2D eigenvalue weighted by Gasteiger charge is -2.37. The van der Waals surface area contributed by atoms with Crippen LogP contribution in [0.4, 0.5) is 5.69 Å². The molecule has 3 aromatic rings. The van der Waals surface area contributed by atoms with E-state index >= 15 is 0 Å². The van der Waals surface area contributed by atoms with Crippen molar-refractivity contribution in [1.29, 1.82) is 0 Å². The molecule has 0 saturated carbocycles. The molecule has 1 amide bonds. The summed E-state index contributed by atoms with van der Waals surface area (Å²) in [5.41, 5.74) is 1.06. The highest BCUT2D eigenvalue weighted by molar-refractivity contribution is 7.14. The van der Waals surface area contributed by atoms with Crippen molar-refractivity contribution in [3.63, 3.8) is 0 Å². The van der Waals surface area contributed by atoms with Gasteiger partial charge in [-0.25, -0.2) is 0 Å². The predicted octanol–water partition coefficient (Wildman–Crippen LogP) is 3.37. The standard InChI is InChI=1S/C22H25N3O3S/c1-3-19(25-21(26)18-6-4-5-7-20(18)29-25)22(27)24-14-12-23(13-15-24)16-8-10-17(28-2)11-9-16/h4-11,19H,3,12-15H2,1-2H3. The maximum Gasteiger partial charge on any atom is 0.269 e. The zero-order valence-electron chi connectivity index (χ0n) is 16.7. The fraction of sp³-hybridized carbons (Fsp3) is 0.364. The Kier molecular flexibility index (Phi) is 5.58. The summed E-state index contributed by atoms with van der Waals surface area (Å²) < 4.78 is 7.80. The second-order valence-corrected chi connectivity index (χ2v) is 8.17. The van der Waals surface area contributed by atoms with Crippen LogP contribution in [0.5, 0.6) is 5.75 Å². The molecule has 1 fully saturated rings. The van der Waals surface area contributed by atoms with Gasteiger partial charge in [-0.1, -0.05) is 30.6 Å². The SMILES string of the molecule is CCC(C(=O)N1CCN(c2ccc(OC)cc2)CC1)n1sc2ccccc2c1=O. The van der Waals surface area contributed by atoms with Crippen LogP contribution >= 0.6 is 11.5 Å². The van der Waals surface area contributed by atoms with E-state index in [1.54, 1.807) is 11.1 Å². The number of anilines is 1. The minimum Gasteiger partial charge on any atom is -0.497 e. The van der Waals surface area contributed by atoms with E-state index in [9.17, 15) is 9.59 Å². The van der Waals surface area contributed by atoms with Gasteiger partial charge < -0.3 is 14.5 Å². The van der Waals surface area contributed by atoms with Gasteiger partial charge in [-0.2, -0.15) is 0 Å². The lowest BCUT2D eigenvalue weighted by Crippen LogP contribution is -2.51. The Bertz CT molecular complexity index is 1050. The van der Waals surface area contributed by atoms with E-state index in [4.69, 9.17) is 4.74 Å². The van der Waals surface area contributed by atoms with Crippen LogP contribution < -0.4 is 15.2 Å². The molecule has 1 aromatic heterocycles. The van der Waals surface area contributed by atoms with Crippen molar-refractivity contribution < 1.29 is 9.53 Å². The van der Waals surface area contributed by atoms with Crippen LogP contribution in [0, 0.1) is 0 Å². The molecule has 0 radical (unpaired) electrons. The van der Waals surface area contributed by atoms with Crippen LogP contribution in [-0.4, -0.2) is 48.1 Å². The number of aromatic nitrogens is 1. The molecule has 0 N–H and O–H groups in total. The number of ether oxygens (including phenoxy) is 1. The second-order valence-electron chi connectivity index (χ2n) is 7.15. The molecule has 1 atom stereocenters. The maximum atomic E-state index is 13.2. The Morgan fingerprint density at radius 2 is 1.76 bits per heavy atom. The minimum absolute atomic E-state index is 0.0375. The van der Waals surface area contributed by atoms with Crippen LogP contribution in [-0.2, 0) is 4.79 Å². The number of carbonyl (C=O) groups excluding carboxylic acids is 1. The summed E-state index contributed by atoms with van der Waals surface area (Å²) in [6.07, 6.45) is 0.601. The zero-order chi connectivity index (χ0) is 20.4. The van der Waals surface area contributed by atoms with E-state index < -0.39 is 6.04 Å². The highest BCUT2D eigenvalue weighted by atomic mass is 32.1. The fourth-order valence-corrected chi connectivity index (χ4v) is 4.98. The van der Waals surface area contributed by atoms with Crippen LogP contribution in [0.1, 0.15) is 19.4 Å². The van der Waals surface area contributed by atoms with Crippen molar-refractivity contribution in [2.45, 2.75) is 19.4 Å². The van der Waals surface area contributed by atoms with E-state index in [0.29, 0.717) is 24.9 Å². The number of rotatable bonds is 5. The lowest BCUT2D eigenvalue weighted by molar-refractivity contribution is -0.135. The van der Waals surface area contributed by atoms with Gasteiger partial charge in [-0.15, -0.1) is 0 Å². The molecule has 2 heterocycles. The first kappa shape index (κ1) is 19.5. The number of amides is 1. The normalized spacial score (nSPS) is 15.5. The van der Waals surface area contributed by atoms with Crippen molar-refractivity contribution in [1.82, 2.24) is 8.86 Å². The Morgan fingerprint density at radius 1 is 1.07 bits per heavy atom. The average molecular weight is 412 g/mol. The largest absolute Gasteiger partial charge is 0.497 e. The van der Waals surface area contributed by atoms with Crippen molar-refractivity contribution in [2.75, 3.05) is 38.2 Å². The molecule has 0 bridgehead atoms. The van der Waals surface area contributed by atoms with Gasteiger partial charge in [0.2, 0.25) is 5.91 Å². The Hall–Kier alpha value is -2.80. The maximum absolute atomic E-state index is 13.2. The third kappa shape index (κ3) is 3.74. The van der Waals surface area contributed by atoms with Crippen molar-refractivity contribution >= 4 is 33.2 Å². The molecular formula is C22H25N3O3S. The van der Waals surface area contributed by atoms with Gasteiger partial charge in [0.1, 0.15) is 11.8 Å². The summed E-state index contributed by atoms with van der Waals surface area (Å²) in [6, 6.07) is 15.1. The van der Waals surface area contributed by atoms with E-state index in [0.717, 1.165) is 29.2 Å². The summed E-state index contributed by atoms with van der Waals surface area (Å²) in [7, 11) is 1.66. The second kappa shape index (κ2) is 8.29. The van der Waals surface area contributed by atoms with Gasteiger partial charge in [0.25, 0.3) is 5.56 Å². The van der Waals surface area contributed by atoms with Crippen molar-refractivity contribution in [2.24, 2.45) is 0 Å². The van der Waals surface area contributed by atoms with Crippen molar-refractivity contribution in [3.05, 3.63) is 58.9 Å². The number of hydrogen-bond acceptors (Lipinski definition) is 5. The van der Waals surface area contributed by atoms with Gasteiger partial charge in [-0.3, -0.25) is 13.5 Å². The molecule has 1 saturated heterocycles. The number of methoxy groups -OCH3 is 1. The van der Waals surface area contributed by atoms with E-state index in [-0.39, 0.29) is 11.5 Å². The number of carbonyl (C=O) groups is 1. The Balaban J connectivity index is 1.47. The third-order valence-corrected chi connectivity index (χ3v) is 6.67. The van der Waals surface area contributed by atoms with E-state index in [1.165, 1.54) is 11.5 Å². The zero-order valence-corrected chi connectivity index (χ0v) is 17.5. The van der Waals surface area contributed by atoms with Crippen LogP contribution in [0.3, 0.4) is 0 Å². The number of piperazine rings is 1. The molecule has 6 nitrogen and oxygen atoms in total. The topological polar surface area (TPSA) is 54.8 Å². The summed E-state index contributed by atoms with van der Waals surface area (Å²) in [4.78, 5) is 30.2. The van der Waals surface area contributed by atoms with Crippen LogP contribution in [0.2, 0.25) is 0 Å². The highest BCUT2D eigenvalue weighted by Gasteiger charge is 2.29. The van der Waals surface area contributed by atoms with E-state index in [1.807, 2.05) is 60.4 Å². The summed E-state index contributed by atoms with van der Waals surface area (Å²) >= 11 is 1.38. The molecule has 2 aromatic carbocycles. The molecule has 0 spiro atoms. The monoisotopic (exact) mass is 411 g/mol. The van der Waals surface area contributed by atoms with Gasteiger partial charge in [0.15, 0.2) is 0 Å². The molecule has 1 aliphatic heterocycles. The predicted molar refractivity (Wildman–Crippen MR) is 117 cm³/mol. The summed E-state index contributed by atoms with van der Waals surface area (Å²) in [6.45, 7) is 4.82. The van der Waals surface area contributed by atoms with Crippen LogP contribution in [0.15, 0.2) is 53.3 Å². The molecular weight excluding hydrogens is 386 g/mol. The molecule has 1 unspecified atom stereocenters. The lowest BCUT2D eigenvalue weighted by atomic mass is 10.1. The molecule has 0 aliphatic carbocycles. The van der Waals surface area contributed by atoms with E-state index in [2.05, 4.69) is 4.90 Å². The first-order valence-electron chi connectivity index (χ1n) is 9.90. The quantitative estimate of drug-likeness (QED) is 0.646. The number of benzene rings is 2. The highest BCUT2D eigenvalue weighted by Crippen LogP contribution is 2.25. The van der Waals surface area contributed by atoms with Gasteiger partial charge >= 0.3 is 0 Å². The fourth-order valence-electron chi connectivity index (χ4n) is 3.82. The third-order valence-electron chi connectivity index (χ3n) is 5.50.